The molecule has 0 saturated heterocycles. The van der Waals surface area contributed by atoms with Crippen molar-refractivity contribution < 1.29 is 31.5 Å². The topological polar surface area (TPSA) is 38.3 Å². The minimum atomic E-state index is -4.74. The van der Waals surface area contributed by atoms with Gasteiger partial charge in [0, 0.05) is 0 Å². The summed E-state index contributed by atoms with van der Waals surface area (Å²) in [6.07, 6.45) is -4.74. The van der Waals surface area contributed by atoms with Gasteiger partial charge in [-0.2, -0.15) is 13.2 Å². The molecule has 1 N–H and O–H groups in total. The number of para-hydroxylation sites is 1. The van der Waals surface area contributed by atoms with E-state index in [0.717, 1.165) is 18.2 Å². The molecular formula is C15H8BrClF5NO2. The number of anilines is 1. The van der Waals surface area contributed by atoms with E-state index in [0.29, 0.717) is 0 Å². The van der Waals surface area contributed by atoms with E-state index in [1.807, 2.05) is 0 Å². The molecule has 2 aromatic rings. The average molecular weight is 445 g/mol. The van der Waals surface area contributed by atoms with Crippen LogP contribution < -0.4 is 10.1 Å². The molecule has 0 aliphatic carbocycles. The first kappa shape index (κ1) is 19.5. The van der Waals surface area contributed by atoms with E-state index >= 15 is 0 Å². The second-order valence-electron chi connectivity index (χ2n) is 4.69. The fourth-order valence-electron chi connectivity index (χ4n) is 1.80. The number of hydrogen-bond donors (Lipinski definition) is 1. The molecule has 25 heavy (non-hydrogen) atoms. The molecule has 1 amide bonds. The number of carbonyl (C=O) groups excluding carboxylic acids is 1. The monoisotopic (exact) mass is 443 g/mol. The van der Waals surface area contributed by atoms with Gasteiger partial charge in [-0.25, -0.2) is 8.78 Å². The summed E-state index contributed by atoms with van der Waals surface area (Å²) in [6, 6.07) is 5.75. The summed E-state index contributed by atoms with van der Waals surface area (Å²) < 4.78 is 69.0. The van der Waals surface area contributed by atoms with Crippen LogP contribution in [-0.4, -0.2) is 18.7 Å². The molecule has 0 aromatic heterocycles. The Hall–Kier alpha value is -1.87. The van der Waals surface area contributed by atoms with Crippen LogP contribution >= 0.6 is 27.5 Å². The Morgan fingerprint density at radius 3 is 2.48 bits per heavy atom. The highest BCUT2D eigenvalue weighted by Crippen LogP contribution is 2.32. The molecule has 0 fully saturated rings. The number of amides is 1. The molecule has 0 heterocycles. The summed E-state index contributed by atoms with van der Waals surface area (Å²) in [4.78, 5) is 12.2. The molecule has 2 aromatic carbocycles. The fraction of sp³-hybridized carbons (Fsp3) is 0.133. The predicted molar refractivity (Wildman–Crippen MR) is 85.0 cm³/mol. The van der Waals surface area contributed by atoms with Gasteiger partial charge < -0.3 is 10.1 Å². The number of carbonyl (C=O) groups is 1. The van der Waals surface area contributed by atoms with Crippen LogP contribution in [-0.2, 0) is 0 Å². The first-order valence-corrected chi connectivity index (χ1v) is 7.70. The SMILES string of the molecule is O=C(Nc1c(F)cccc1Cl)c1ccc(Br)c(F)c1OCC(F)(F)F. The summed E-state index contributed by atoms with van der Waals surface area (Å²) in [5.41, 5.74) is -0.941. The Labute approximate surface area is 151 Å². The number of alkyl halides is 3. The van der Waals surface area contributed by atoms with Crippen molar-refractivity contribution in [2.45, 2.75) is 6.18 Å². The Morgan fingerprint density at radius 1 is 1.20 bits per heavy atom. The van der Waals surface area contributed by atoms with Crippen molar-refractivity contribution in [3.05, 3.63) is 57.0 Å². The highest BCUT2D eigenvalue weighted by Gasteiger charge is 2.31. The summed E-state index contributed by atoms with van der Waals surface area (Å²) in [6.45, 7) is -1.80. The van der Waals surface area contributed by atoms with Crippen LogP contribution in [0.3, 0.4) is 0 Å². The van der Waals surface area contributed by atoms with Gasteiger partial charge in [-0.3, -0.25) is 4.79 Å². The van der Waals surface area contributed by atoms with E-state index in [9.17, 15) is 26.7 Å². The fourth-order valence-corrected chi connectivity index (χ4v) is 2.33. The van der Waals surface area contributed by atoms with Crippen molar-refractivity contribution in [1.29, 1.82) is 0 Å². The molecule has 0 aliphatic rings. The van der Waals surface area contributed by atoms with Gasteiger partial charge in [0.1, 0.15) is 5.82 Å². The number of halogens is 7. The summed E-state index contributed by atoms with van der Waals surface area (Å²) in [5, 5.41) is 1.95. The maximum Gasteiger partial charge on any atom is 0.422 e. The highest BCUT2D eigenvalue weighted by atomic mass is 79.9. The first-order valence-electron chi connectivity index (χ1n) is 6.53. The molecule has 2 rings (SSSR count). The molecular weight excluding hydrogens is 437 g/mol. The zero-order valence-electron chi connectivity index (χ0n) is 12.1. The molecule has 0 bridgehead atoms. The zero-order valence-corrected chi connectivity index (χ0v) is 14.4. The van der Waals surface area contributed by atoms with Crippen molar-refractivity contribution >= 4 is 39.1 Å². The second-order valence-corrected chi connectivity index (χ2v) is 5.95. The van der Waals surface area contributed by atoms with Crippen molar-refractivity contribution in [2.75, 3.05) is 11.9 Å². The molecule has 0 radical (unpaired) electrons. The second kappa shape index (κ2) is 7.57. The Bertz CT molecular complexity index is 793. The Balaban J connectivity index is 2.37. The van der Waals surface area contributed by atoms with E-state index in [4.69, 9.17) is 11.6 Å². The van der Waals surface area contributed by atoms with Crippen LogP contribution in [0.15, 0.2) is 34.8 Å². The number of rotatable bonds is 4. The molecule has 10 heteroatoms. The molecule has 0 aliphatic heterocycles. The van der Waals surface area contributed by atoms with Gasteiger partial charge in [-0.1, -0.05) is 17.7 Å². The van der Waals surface area contributed by atoms with Gasteiger partial charge in [0.2, 0.25) is 0 Å². The van der Waals surface area contributed by atoms with Crippen LogP contribution in [0.1, 0.15) is 10.4 Å². The lowest BCUT2D eigenvalue weighted by molar-refractivity contribution is -0.153. The highest BCUT2D eigenvalue weighted by molar-refractivity contribution is 9.10. The van der Waals surface area contributed by atoms with Crippen LogP contribution in [0.2, 0.25) is 5.02 Å². The molecule has 0 atom stereocenters. The maximum atomic E-state index is 14.1. The van der Waals surface area contributed by atoms with Crippen LogP contribution in [0.5, 0.6) is 5.75 Å². The maximum absolute atomic E-state index is 14.1. The molecule has 134 valence electrons. The third-order valence-electron chi connectivity index (χ3n) is 2.88. The van der Waals surface area contributed by atoms with E-state index in [1.165, 1.54) is 12.1 Å². The Morgan fingerprint density at radius 2 is 1.88 bits per heavy atom. The smallest absolute Gasteiger partial charge is 0.422 e. The molecule has 0 saturated carbocycles. The Kier molecular flexibility index (Phi) is 5.89. The van der Waals surface area contributed by atoms with Crippen molar-refractivity contribution in [2.24, 2.45) is 0 Å². The lowest BCUT2D eigenvalue weighted by atomic mass is 10.1. The van der Waals surface area contributed by atoms with Gasteiger partial charge in [-0.05, 0) is 40.2 Å². The largest absolute Gasteiger partial charge is 0.480 e. The van der Waals surface area contributed by atoms with E-state index in [-0.39, 0.29) is 15.2 Å². The number of ether oxygens (including phenoxy) is 1. The minimum absolute atomic E-state index is 0.135. The van der Waals surface area contributed by atoms with Crippen LogP contribution in [0.25, 0.3) is 0 Å². The third-order valence-corrected chi connectivity index (χ3v) is 3.80. The minimum Gasteiger partial charge on any atom is -0.480 e. The van der Waals surface area contributed by atoms with Gasteiger partial charge in [-0.15, -0.1) is 0 Å². The van der Waals surface area contributed by atoms with Gasteiger partial charge in [0.05, 0.1) is 20.7 Å². The van der Waals surface area contributed by atoms with Gasteiger partial charge >= 0.3 is 6.18 Å². The van der Waals surface area contributed by atoms with Gasteiger partial charge in [0.25, 0.3) is 5.91 Å². The van der Waals surface area contributed by atoms with Crippen molar-refractivity contribution in [3.63, 3.8) is 0 Å². The predicted octanol–water partition coefficient (Wildman–Crippen LogP) is 5.57. The lowest BCUT2D eigenvalue weighted by Crippen LogP contribution is -2.22. The normalized spacial score (nSPS) is 11.3. The number of hydrogen-bond acceptors (Lipinski definition) is 2. The first-order chi connectivity index (χ1) is 11.6. The number of nitrogens with one attached hydrogen (secondary N) is 1. The summed E-state index contributed by atoms with van der Waals surface area (Å²) in [5.74, 6) is -4.07. The summed E-state index contributed by atoms with van der Waals surface area (Å²) >= 11 is 8.55. The summed E-state index contributed by atoms with van der Waals surface area (Å²) in [7, 11) is 0. The van der Waals surface area contributed by atoms with Crippen LogP contribution in [0.4, 0.5) is 27.6 Å². The third kappa shape index (κ3) is 4.82. The van der Waals surface area contributed by atoms with E-state index in [1.54, 1.807) is 0 Å². The molecule has 0 unspecified atom stereocenters. The van der Waals surface area contributed by atoms with Gasteiger partial charge in [0.15, 0.2) is 18.2 Å². The zero-order chi connectivity index (χ0) is 18.8. The average Bonchev–Trinajstić information content (AvgIpc) is 2.51. The van der Waals surface area contributed by atoms with Crippen LogP contribution in [0, 0.1) is 11.6 Å². The lowest BCUT2D eigenvalue weighted by Gasteiger charge is -2.15. The van der Waals surface area contributed by atoms with Crippen molar-refractivity contribution in [1.82, 2.24) is 0 Å². The van der Waals surface area contributed by atoms with E-state index in [2.05, 4.69) is 26.0 Å². The molecule has 0 spiro atoms. The van der Waals surface area contributed by atoms with E-state index < -0.39 is 41.6 Å². The van der Waals surface area contributed by atoms with Crippen molar-refractivity contribution in [3.8, 4) is 5.75 Å². The molecule has 3 nitrogen and oxygen atoms in total. The number of benzene rings is 2. The standard InChI is InChI=1S/C15H8BrClF5NO2/c16-8-5-4-7(13(11(8)19)25-6-15(20,21)22)14(24)23-12-9(17)2-1-3-10(12)18/h1-5H,6H2,(H,23,24). The quantitative estimate of drug-likeness (QED) is 0.626.